The summed E-state index contributed by atoms with van der Waals surface area (Å²) in [6.45, 7) is 3.09. The maximum absolute atomic E-state index is 12.4. The Balaban J connectivity index is 2.04. The molecule has 1 fully saturated rings. The molecular formula is C16H22N4O5S. The van der Waals surface area contributed by atoms with Crippen LogP contribution < -0.4 is 5.32 Å². The highest BCUT2D eigenvalue weighted by atomic mass is 32.2. The first kappa shape index (κ1) is 19.9. The van der Waals surface area contributed by atoms with Crippen LogP contribution in [0.5, 0.6) is 0 Å². The van der Waals surface area contributed by atoms with Crippen molar-refractivity contribution in [2.45, 2.75) is 24.8 Å². The van der Waals surface area contributed by atoms with Gasteiger partial charge in [0.1, 0.15) is 13.1 Å². The molecule has 10 heteroatoms. The molecule has 1 aliphatic heterocycles. The maximum atomic E-state index is 12.4. The molecule has 0 atom stereocenters. The van der Waals surface area contributed by atoms with Gasteiger partial charge in [0, 0.05) is 25.8 Å². The summed E-state index contributed by atoms with van der Waals surface area (Å²) in [5, 5.41) is 2.54. The molecule has 0 bridgehead atoms. The number of sulfonamides is 1. The highest BCUT2D eigenvalue weighted by Gasteiger charge is 2.34. The Kier molecular flexibility index (Phi) is 5.67. The van der Waals surface area contributed by atoms with E-state index in [2.05, 4.69) is 5.32 Å². The van der Waals surface area contributed by atoms with Crippen molar-refractivity contribution in [3.63, 3.8) is 0 Å². The minimum Gasteiger partial charge on any atom is -0.325 e. The van der Waals surface area contributed by atoms with Crippen LogP contribution in [0, 0.1) is 0 Å². The Hall–Kier alpha value is -2.46. The molecule has 1 heterocycles. The minimum atomic E-state index is -3.61. The third kappa shape index (κ3) is 4.02. The SMILES string of the molecule is CC(C)N(C)S(=O)(=O)c1ccc(NC(=O)CN2C(=O)CN(C)C2=O)cc1. The Bertz CT molecular complexity index is 820. The number of likely N-dealkylation sites (N-methyl/N-ethyl adjacent to an activating group) is 1. The Morgan fingerprint density at radius 3 is 2.27 bits per heavy atom. The van der Waals surface area contributed by atoms with Crippen LogP contribution in [0.4, 0.5) is 10.5 Å². The predicted octanol–water partition coefficient (Wildman–Crippen LogP) is 0.548. The van der Waals surface area contributed by atoms with E-state index in [1.54, 1.807) is 13.8 Å². The van der Waals surface area contributed by atoms with Gasteiger partial charge in [-0.25, -0.2) is 13.2 Å². The Labute approximate surface area is 152 Å². The van der Waals surface area contributed by atoms with Crippen LogP contribution in [0.3, 0.4) is 0 Å². The summed E-state index contributed by atoms with van der Waals surface area (Å²) in [6, 6.07) is 4.99. The lowest BCUT2D eigenvalue weighted by atomic mass is 10.3. The first-order chi connectivity index (χ1) is 12.0. The maximum Gasteiger partial charge on any atom is 0.327 e. The van der Waals surface area contributed by atoms with E-state index in [-0.39, 0.29) is 17.5 Å². The van der Waals surface area contributed by atoms with Crippen LogP contribution in [-0.2, 0) is 19.6 Å². The van der Waals surface area contributed by atoms with Gasteiger partial charge in [0.25, 0.3) is 5.91 Å². The Morgan fingerprint density at radius 1 is 1.23 bits per heavy atom. The second kappa shape index (κ2) is 7.42. The normalized spacial score (nSPS) is 15.3. The highest BCUT2D eigenvalue weighted by molar-refractivity contribution is 7.89. The molecule has 1 aromatic rings. The first-order valence-corrected chi connectivity index (χ1v) is 9.41. The zero-order valence-corrected chi connectivity index (χ0v) is 15.9. The van der Waals surface area contributed by atoms with Crippen molar-refractivity contribution in [1.82, 2.24) is 14.1 Å². The number of benzene rings is 1. The fourth-order valence-corrected chi connectivity index (χ4v) is 3.69. The molecule has 0 aliphatic carbocycles. The van der Waals surface area contributed by atoms with E-state index in [1.807, 2.05) is 0 Å². The van der Waals surface area contributed by atoms with Crippen molar-refractivity contribution >= 4 is 33.6 Å². The van der Waals surface area contributed by atoms with E-state index in [4.69, 9.17) is 0 Å². The fraction of sp³-hybridized carbons (Fsp3) is 0.438. The number of rotatable bonds is 6. The van der Waals surface area contributed by atoms with Crippen molar-refractivity contribution in [2.24, 2.45) is 0 Å². The van der Waals surface area contributed by atoms with E-state index in [0.717, 1.165) is 4.90 Å². The third-order valence-corrected chi connectivity index (χ3v) is 6.12. The summed E-state index contributed by atoms with van der Waals surface area (Å²) >= 11 is 0. The van der Waals surface area contributed by atoms with Crippen LogP contribution in [0.1, 0.15) is 13.8 Å². The van der Waals surface area contributed by atoms with Gasteiger partial charge >= 0.3 is 6.03 Å². The molecule has 0 aromatic heterocycles. The molecule has 4 amide bonds. The lowest BCUT2D eigenvalue weighted by Gasteiger charge is -2.21. The van der Waals surface area contributed by atoms with E-state index in [0.29, 0.717) is 5.69 Å². The number of nitrogens with one attached hydrogen (secondary N) is 1. The predicted molar refractivity (Wildman–Crippen MR) is 94.9 cm³/mol. The number of hydrogen-bond donors (Lipinski definition) is 1. The zero-order valence-electron chi connectivity index (χ0n) is 15.1. The number of imide groups is 1. The molecule has 1 aliphatic rings. The van der Waals surface area contributed by atoms with Crippen LogP contribution in [0.25, 0.3) is 0 Å². The third-order valence-electron chi connectivity index (χ3n) is 4.07. The van der Waals surface area contributed by atoms with Gasteiger partial charge in [0.2, 0.25) is 15.9 Å². The molecule has 0 radical (unpaired) electrons. The van der Waals surface area contributed by atoms with Gasteiger partial charge in [-0.2, -0.15) is 4.31 Å². The monoisotopic (exact) mass is 382 g/mol. The summed E-state index contributed by atoms with van der Waals surface area (Å²) in [4.78, 5) is 37.7. The van der Waals surface area contributed by atoms with E-state index in [9.17, 15) is 22.8 Å². The Morgan fingerprint density at radius 2 is 1.81 bits per heavy atom. The molecule has 142 valence electrons. The van der Waals surface area contributed by atoms with E-state index in [1.165, 1.54) is 47.6 Å². The number of nitrogens with zero attached hydrogens (tertiary/aromatic N) is 3. The van der Waals surface area contributed by atoms with Crippen LogP contribution in [-0.4, -0.2) is 73.6 Å². The first-order valence-electron chi connectivity index (χ1n) is 7.97. The van der Waals surface area contributed by atoms with E-state index >= 15 is 0 Å². The average Bonchev–Trinajstić information content (AvgIpc) is 2.80. The van der Waals surface area contributed by atoms with E-state index < -0.39 is 34.4 Å². The standard InChI is InChI=1S/C16H22N4O5S/c1-11(2)19(4)26(24,25)13-7-5-12(6-8-13)17-14(21)9-20-15(22)10-18(3)16(20)23/h5-8,11H,9-10H2,1-4H3,(H,17,21). The van der Waals surface area contributed by atoms with Gasteiger partial charge < -0.3 is 10.2 Å². The van der Waals surface area contributed by atoms with Crippen molar-refractivity contribution in [3.8, 4) is 0 Å². The summed E-state index contributed by atoms with van der Waals surface area (Å²) in [6.07, 6.45) is 0. The van der Waals surface area contributed by atoms with Gasteiger partial charge in [-0.05, 0) is 38.1 Å². The lowest BCUT2D eigenvalue weighted by Crippen LogP contribution is -2.38. The summed E-state index contributed by atoms with van der Waals surface area (Å²) in [7, 11) is -0.631. The summed E-state index contributed by atoms with van der Waals surface area (Å²) in [5.74, 6) is -0.984. The molecule has 0 unspecified atom stereocenters. The van der Waals surface area contributed by atoms with Crippen LogP contribution in [0.15, 0.2) is 29.2 Å². The fourth-order valence-electron chi connectivity index (χ4n) is 2.32. The van der Waals surface area contributed by atoms with Crippen molar-refractivity contribution < 1.29 is 22.8 Å². The molecule has 9 nitrogen and oxygen atoms in total. The molecule has 1 saturated heterocycles. The zero-order chi connectivity index (χ0) is 19.6. The molecule has 1 N–H and O–H groups in total. The van der Waals surface area contributed by atoms with Crippen LogP contribution in [0.2, 0.25) is 0 Å². The van der Waals surface area contributed by atoms with Crippen molar-refractivity contribution in [3.05, 3.63) is 24.3 Å². The minimum absolute atomic E-state index is 0.0535. The summed E-state index contributed by atoms with van der Waals surface area (Å²) < 4.78 is 26.0. The molecule has 0 saturated carbocycles. The molecule has 26 heavy (non-hydrogen) atoms. The summed E-state index contributed by atoms with van der Waals surface area (Å²) in [5.41, 5.74) is 0.369. The lowest BCUT2D eigenvalue weighted by molar-refractivity contribution is -0.129. The molecule has 1 aromatic carbocycles. The molecular weight excluding hydrogens is 360 g/mol. The van der Waals surface area contributed by atoms with Crippen molar-refractivity contribution in [1.29, 1.82) is 0 Å². The van der Waals surface area contributed by atoms with Crippen LogP contribution >= 0.6 is 0 Å². The van der Waals surface area contributed by atoms with Gasteiger partial charge in [-0.3, -0.25) is 14.5 Å². The number of carbonyl (C=O) groups is 3. The largest absolute Gasteiger partial charge is 0.327 e. The highest BCUT2D eigenvalue weighted by Crippen LogP contribution is 2.19. The number of carbonyl (C=O) groups excluding carboxylic acids is 3. The number of anilines is 1. The molecule has 2 rings (SSSR count). The second-order valence-electron chi connectivity index (χ2n) is 6.31. The number of hydrogen-bond acceptors (Lipinski definition) is 5. The number of urea groups is 1. The van der Waals surface area contributed by atoms with Gasteiger partial charge in [-0.1, -0.05) is 0 Å². The quantitative estimate of drug-likeness (QED) is 0.723. The number of amides is 4. The topological polar surface area (TPSA) is 107 Å². The average molecular weight is 382 g/mol. The smallest absolute Gasteiger partial charge is 0.325 e. The van der Waals surface area contributed by atoms with Gasteiger partial charge in [-0.15, -0.1) is 0 Å². The molecule has 0 spiro atoms. The van der Waals surface area contributed by atoms with Crippen molar-refractivity contribution in [2.75, 3.05) is 32.5 Å². The second-order valence-corrected chi connectivity index (χ2v) is 8.30. The van der Waals surface area contributed by atoms with Gasteiger partial charge in [0.05, 0.1) is 4.90 Å². The van der Waals surface area contributed by atoms with Gasteiger partial charge in [0.15, 0.2) is 0 Å².